The topological polar surface area (TPSA) is 111 Å². The fourth-order valence-corrected chi connectivity index (χ4v) is 2.31. The van der Waals surface area contributed by atoms with Crippen molar-refractivity contribution in [3.8, 4) is 0 Å². The van der Waals surface area contributed by atoms with Gasteiger partial charge < -0.3 is 20.7 Å². The highest BCUT2D eigenvalue weighted by atomic mass is 16.6. The minimum Gasteiger partial charge on any atom is -0.394 e. The Morgan fingerprint density at radius 2 is 2.44 bits per heavy atom. The second kappa shape index (κ2) is 4.68. The Kier molecular flexibility index (Phi) is 3.38. The van der Waals surface area contributed by atoms with E-state index in [0.717, 1.165) is 0 Å². The van der Waals surface area contributed by atoms with Crippen molar-refractivity contribution in [2.45, 2.75) is 37.7 Å². The molecule has 3 atom stereocenters. The first-order chi connectivity index (χ1) is 8.52. The van der Waals surface area contributed by atoms with Crippen LogP contribution in [0.3, 0.4) is 0 Å². The summed E-state index contributed by atoms with van der Waals surface area (Å²) in [5, 5.41) is 18.9. The van der Waals surface area contributed by atoms with Gasteiger partial charge in [0.05, 0.1) is 12.7 Å². The highest BCUT2D eigenvalue weighted by molar-refractivity contribution is 5.23. The van der Waals surface area contributed by atoms with Crippen LogP contribution in [-0.2, 0) is 10.5 Å². The first kappa shape index (κ1) is 13.0. The summed E-state index contributed by atoms with van der Waals surface area (Å²) in [4.78, 5) is 15.5. The zero-order valence-corrected chi connectivity index (χ0v) is 10.1. The molecule has 100 valence electrons. The Morgan fingerprint density at radius 1 is 1.72 bits per heavy atom. The smallest absolute Gasteiger partial charge is 0.351 e. The lowest BCUT2D eigenvalue weighted by atomic mass is 10.0. The van der Waals surface area contributed by atoms with Crippen LogP contribution in [0, 0.1) is 0 Å². The van der Waals surface area contributed by atoms with Crippen molar-refractivity contribution < 1.29 is 14.9 Å². The van der Waals surface area contributed by atoms with E-state index in [1.807, 2.05) is 6.92 Å². The van der Waals surface area contributed by atoms with Crippen LogP contribution in [0.15, 0.2) is 17.1 Å². The molecule has 0 saturated carbocycles. The molecule has 0 amide bonds. The molecule has 1 saturated heterocycles. The van der Waals surface area contributed by atoms with E-state index in [2.05, 4.69) is 4.98 Å². The van der Waals surface area contributed by atoms with Crippen LogP contribution >= 0.6 is 0 Å². The third kappa shape index (κ3) is 2.00. The molecule has 4 N–H and O–H groups in total. The summed E-state index contributed by atoms with van der Waals surface area (Å²) < 4.78 is 6.97. The van der Waals surface area contributed by atoms with Crippen molar-refractivity contribution in [1.29, 1.82) is 0 Å². The number of hydrogen-bond donors (Lipinski definition) is 3. The molecule has 1 aliphatic rings. The number of anilines is 1. The fraction of sp³-hybridized carbons (Fsp3) is 0.636. The number of nitrogen functional groups attached to an aromatic ring is 1. The largest absolute Gasteiger partial charge is 0.394 e. The number of aliphatic hydroxyl groups is 2. The van der Waals surface area contributed by atoms with Gasteiger partial charge in [-0.3, -0.25) is 4.57 Å². The van der Waals surface area contributed by atoms with Gasteiger partial charge >= 0.3 is 5.69 Å². The summed E-state index contributed by atoms with van der Waals surface area (Å²) in [5.74, 6) is 0.139. The summed E-state index contributed by atoms with van der Waals surface area (Å²) in [6.07, 6.45) is 0.723. The molecule has 2 rings (SSSR count). The number of ether oxygens (including phenoxy) is 1. The molecule has 7 heteroatoms. The summed E-state index contributed by atoms with van der Waals surface area (Å²) in [6.45, 7) is 1.55. The van der Waals surface area contributed by atoms with Crippen LogP contribution in [0.5, 0.6) is 0 Å². The summed E-state index contributed by atoms with van der Waals surface area (Å²) in [5.41, 5.74) is 3.94. The Balaban J connectivity index is 2.43. The summed E-state index contributed by atoms with van der Waals surface area (Å²) in [7, 11) is 0. The molecular formula is C11H17N3O4. The van der Waals surface area contributed by atoms with Crippen molar-refractivity contribution in [1.82, 2.24) is 9.55 Å². The lowest BCUT2D eigenvalue weighted by Gasteiger charge is -2.29. The number of nitrogens with zero attached hydrogens (tertiary/aromatic N) is 2. The van der Waals surface area contributed by atoms with E-state index < -0.39 is 23.6 Å². The number of hydrogen-bond acceptors (Lipinski definition) is 6. The Labute approximate surface area is 104 Å². The summed E-state index contributed by atoms with van der Waals surface area (Å²) in [6, 6.07) is 1.50. The molecule has 0 aromatic carbocycles. The lowest BCUT2D eigenvalue weighted by Crippen LogP contribution is -2.42. The van der Waals surface area contributed by atoms with Gasteiger partial charge in [0.1, 0.15) is 11.9 Å². The van der Waals surface area contributed by atoms with E-state index in [9.17, 15) is 9.90 Å². The Morgan fingerprint density at radius 3 is 2.94 bits per heavy atom. The average molecular weight is 255 g/mol. The molecule has 2 heterocycles. The lowest BCUT2D eigenvalue weighted by molar-refractivity contribution is -0.121. The van der Waals surface area contributed by atoms with Crippen LogP contribution in [0.4, 0.5) is 5.82 Å². The molecule has 1 aromatic heterocycles. The zero-order chi connectivity index (χ0) is 13.3. The second-order valence-electron chi connectivity index (χ2n) is 4.42. The van der Waals surface area contributed by atoms with E-state index in [1.54, 1.807) is 0 Å². The van der Waals surface area contributed by atoms with Crippen molar-refractivity contribution in [2.75, 3.05) is 12.3 Å². The average Bonchev–Trinajstić information content (AvgIpc) is 2.67. The molecule has 0 unspecified atom stereocenters. The van der Waals surface area contributed by atoms with Gasteiger partial charge in [0.15, 0.2) is 5.72 Å². The molecule has 0 bridgehead atoms. The highest BCUT2D eigenvalue weighted by Gasteiger charge is 2.46. The molecule has 0 radical (unpaired) electrons. The third-order valence-corrected chi connectivity index (χ3v) is 3.32. The molecule has 7 nitrogen and oxygen atoms in total. The van der Waals surface area contributed by atoms with E-state index in [1.165, 1.54) is 16.8 Å². The molecule has 0 aliphatic carbocycles. The maximum absolute atomic E-state index is 11.8. The van der Waals surface area contributed by atoms with Gasteiger partial charge in [0, 0.05) is 12.6 Å². The Hall–Kier alpha value is -1.44. The minimum atomic E-state index is -0.968. The number of aliphatic hydroxyl groups excluding tert-OH is 2. The predicted molar refractivity (Wildman–Crippen MR) is 63.8 cm³/mol. The molecular weight excluding hydrogens is 238 g/mol. The zero-order valence-electron chi connectivity index (χ0n) is 10.1. The van der Waals surface area contributed by atoms with Gasteiger partial charge in [0.2, 0.25) is 0 Å². The van der Waals surface area contributed by atoms with Crippen LogP contribution < -0.4 is 11.4 Å². The number of rotatable bonds is 3. The normalized spacial score (nSPS) is 31.7. The van der Waals surface area contributed by atoms with E-state index >= 15 is 0 Å². The molecule has 1 aliphatic heterocycles. The monoisotopic (exact) mass is 255 g/mol. The van der Waals surface area contributed by atoms with E-state index in [-0.39, 0.29) is 18.8 Å². The van der Waals surface area contributed by atoms with Gasteiger partial charge in [-0.05, 0) is 12.5 Å². The van der Waals surface area contributed by atoms with Crippen molar-refractivity contribution in [3.05, 3.63) is 22.7 Å². The van der Waals surface area contributed by atoms with Crippen LogP contribution in [0.2, 0.25) is 0 Å². The van der Waals surface area contributed by atoms with Gasteiger partial charge in [0.25, 0.3) is 0 Å². The van der Waals surface area contributed by atoms with Gasteiger partial charge in [-0.1, -0.05) is 6.92 Å². The van der Waals surface area contributed by atoms with E-state index in [4.69, 9.17) is 15.6 Å². The third-order valence-electron chi connectivity index (χ3n) is 3.32. The number of nitrogens with two attached hydrogens (primary N) is 1. The predicted octanol–water partition coefficient (Wildman–Crippen LogP) is -0.970. The first-order valence-corrected chi connectivity index (χ1v) is 5.85. The first-order valence-electron chi connectivity index (χ1n) is 5.85. The second-order valence-corrected chi connectivity index (χ2v) is 4.42. The molecule has 0 spiro atoms. The number of aromatic nitrogens is 2. The fourth-order valence-electron chi connectivity index (χ4n) is 2.31. The molecule has 1 fully saturated rings. The minimum absolute atomic E-state index is 0.139. The standard InChI is InChI=1S/C11H17N3O4/c1-2-11(5-7(16)8(6-15)18-11)14-4-3-9(12)13-10(14)17/h3-4,7-8,15-16H,2,5-6H2,1H3,(H2,12,13,17)/t7-,8+,11+/m0/s1. The SMILES string of the molecule is CC[C@]1(n2ccc(N)nc2=O)C[C@H](O)[C@@H](CO)O1. The quantitative estimate of drug-likeness (QED) is 0.641. The van der Waals surface area contributed by atoms with Crippen LogP contribution in [0.25, 0.3) is 0 Å². The highest BCUT2D eigenvalue weighted by Crippen LogP contribution is 2.36. The van der Waals surface area contributed by atoms with E-state index in [0.29, 0.717) is 6.42 Å². The van der Waals surface area contributed by atoms with Crippen molar-refractivity contribution in [3.63, 3.8) is 0 Å². The van der Waals surface area contributed by atoms with Crippen molar-refractivity contribution >= 4 is 5.82 Å². The summed E-state index contributed by atoms with van der Waals surface area (Å²) >= 11 is 0. The van der Waals surface area contributed by atoms with Gasteiger partial charge in [-0.25, -0.2) is 4.79 Å². The van der Waals surface area contributed by atoms with Crippen LogP contribution in [0.1, 0.15) is 19.8 Å². The molecule has 1 aromatic rings. The maximum Gasteiger partial charge on any atom is 0.351 e. The van der Waals surface area contributed by atoms with Gasteiger partial charge in [-0.15, -0.1) is 0 Å². The van der Waals surface area contributed by atoms with Crippen molar-refractivity contribution in [2.24, 2.45) is 0 Å². The van der Waals surface area contributed by atoms with Crippen LogP contribution in [-0.4, -0.2) is 38.6 Å². The molecule has 18 heavy (non-hydrogen) atoms. The van der Waals surface area contributed by atoms with Gasteiger partial charge in [-0.2, -0.15) is 4.98 Å². The maximum atomic E-state index is 11.8. The Bertz CT molecular complexity index is 489.